The van der Waals surface area contributed by atoms with Gasteiger partial charge in [-0.05, 0) is 18.2 Å². The lowest BCUT2D eigenvalue weighted by molar-refractivity contribution is -0.137. The first-order valence-corrected chi connectivity index (χ1v) is 5.97. The second-order valence-corrected chi connectivity index (χ2v) is 4.04. The summed E-state index contributed by atoms with van der Waals surface area (Å²) in [4.78, 5) is 11.0. The summed E-state index contributed by atoms with van der Waals surface area (Å²) in [5.74, 6) is -0.365. The van der Waals surface area contributed by atoms with Crippen molar-refractivity contribution in [2.75, 3.05) is 9.74 Å². The highest BCUT2D eigenvalue weighted by Crippen LogP contribution is 2.36. The van der Waals surface area contributed by atoms with Crippen molar-refractivity contribution >= 4 is 45.8 Å². The predicted octanol–water partition coefficient (Wildman–Crippen LogP) is 3.73. The molecule has 0 bridgehead atoms. The molecule has 0 unspecified atom stereocenters. The number of alkyl halides is 4. The van der Waals surface area contributed by atoms with Crippen LogP contribution in [0.25, 0.3) is 0 Å². The molecule has 0 fully saturated rings. The average Bonchev–Trinajstić information content (AvgIpc) is 2.19. The maximum absolute atomic E-state index is 12.4. The summed E-state index contributed by atoms with van der Waals surface area (Å²) < 4.78 is 37.5. The summed E-state index contributed by atoms with van der Waals surface area (Å²) in [5, 5.41) is 1.94. The van der Waals surface area contributed by atoms with Crippen LogP contribution in [0.2, 0.25) is 5.02 Å². The smallest absolute Gasteiger partial charge is 0.325 e. The summed E-state index contributed by atoms with van der Waals surface area (Å²) in [6, 6.07) is 3.24. The number of benzene rings is 1. The molecule has 0 saturated heterocycles. The number of amides is 1. The Labute approximate surface area is 108 Å². The van der Waals surface area contributed by atoms with E-state index < -0.39 is 11.7 Å². The number of halogens is 5. The monoisotopic (exact) mass is 363 g/mol. The molecule has 2 nitrogen and oxygen atoms in total. The minimum absolute atomic E-state index is 0.0818. The van der Waals surface area contributed by atoms with Crippen molar-refractivity contribution < 1.29 is 18.0 Å². The van der Waals surface area contributed by atoms with Crippen molar-refractivity contribution in [2.45, 2.75) is 6.18 Å². The molecule has 0 saturated carbocycles. The fourth-order valence-corrected chi connectivity index (χ4v) is 1.43. The maximum atomic E-state index is 12.4. The molecule has 7 heteroatoms. The Morgan fingerprint density at radius 2 is 2.06 bits per heavy atom. The molecule has 16 heavy (non-hydrogen) atoms. The van der Waals surface area contributed by atoms with Gasteiger partial charge < -0.3 is 5.32 Å². The van der Waals surface area contributed by atoms with E-state index in [4.69, 9.17) is 11.6 Å². The van der Waals surface area contributed by atoms with Crippen LogP contribution in [0.4, 0.5) is 18.9 Å². The lowest BCUT2D eigenvalue weighted by Gasteiger charge is -2.11. The molecular formula is C9H6ClF3INO. The first kappa shape index (κ1) is 13.6. The molecule has 1 aromatic rings. The van der Waals surface area contributed by atoms with E-state index in [0.29, 0.717) is 0 Å². The Bertz CT molecular complexity index is 408. The van der Waals surface area contributed by atoms with Crippen molar-refractivity contribution in [1.82, 2.24) is 0 Å². The summed E-state index contributed by atoms with van der Waals surface area (Å²) in [6.45, 7) is 0. The van der Waals surface area contributed by atoms with Crippen LogP contribution in [0.3, 0.4) is 0 Å². The molecule has 0 radical (unpaired) electrons. The minimum atomic E-state index is -4.53. The number of carbonyl (C=O) groups excluding carboxylic acids is 1. The van der Waals surface area contributed by atoms with E-state index in [-0.39, 0.29) is 21.0 Å². The highest BCUT2D eigenvalue weighted by Gasteiger charge is 2.33. The second-order valence-electron chi connectivity index (χ2n) is 2.87. The van der Waals surface area contributed by atoms with E-state index in [9.17, 15) is 18.0 Å². The van der Waals surface area contributed by atoms with Crippen molar-refractivity contribution in [2.24, 2.45) is 0 Å². The first-order valence-electron chi connectivity index (χ1n) is 4.07. The third-order valence-corrected chi connectivity index (χ3v) is 2.70. The van der Waals surface area contributed by atoms with Crippen LogP contribution in [0, 0.1) is 0 Å². The normalized spacial score (nSPS) is 11.3. The number of nitrogens with one attached hydrogen (secondary N) is 1. The van der Waals surface area contributed by atoms with Gasteiger partial charge in [0.15, 0.2) is 0 Å². The Balaban J connectivity index is 3.03. The molecule has 1 N–H and O–H groups in total. The molecule has 0 aromatic heterocycles. The van der Waals surface area contributed by atoms with Crippen LogP contribution >= 0.6 is 34.2 Å². The Morgan fingerprint density at radius 3 is 2.56 bits per heavy atom. The van der Waals surface area contributed by atoms with E-state index in [0.717, 1.165) is 12.1 Å². The summed E-state index contributed by atoms with van der Waals surface area (Å²) in [7, 11) is 0. The quantitative estimate of drug-likeness (QED) is 0.630. The zero-order valence-electron chi connectivity index (χ0n) is 7.74. The van der Waals surface area contributed by atoms with Crippen LogP contribution in [0.5, 0.6) is 0 Å². The Kier molecular flexibility index (Phi) is 4.43. The lowest BCUT2D eigenvalue weighted by atomic mass is 10.2. The fraction of sp³-hybridized carbons (Fsp3) is 0.222. The van der Waals surface area contributed by atoms with Crippen LogP contribution in [0.15, 0.2) is 18.2 Å². The van der Waals surface area contributed by atoms with E-state index >= 15 is 0 Å². The van der Waals surface area contributed by atoms with Crippen molar-refractivity contribution in [1.29, 1.82) is 0 Å². The third-order valence-electron chi connectivity index (χ3n) is 1.68. The largest absolute Gasteiger partial charge is 0.417 e. The molecule has 0 aliphatic heterocycles. The van der Waals surface area contributed by atoms with Crippen molar-refractivity contribution in [3.05, 3.63) is 28.8 Å². The van der Waals surface area contributed by atoms with Gasteiger partial charge in [0.1, 0.15) is 0 Å². The molecule has 1 amide bonds. The lowest BCUT2D eigenvalue weighted by Crippen LogP contribution is -2.13. The van der Waals surface area contributed by atoms with Gasteiger partial charge in [0.2, 0.25) is 5.91 Å². The number of rotatable bonds is 2. The zero-order chi connectivity index (χ0) is 12.3. The van der Waals surface area contributed by atoms with Gasteiger partial charge in [0.25, 0.3) is 0 Å². The second kappa shape index (κ2) is 5.22. The van der Waals surface area contributed by atoms with E-state index in [2.05, 4.69) is 5.32 Å². The van der Waals surface area contributed by atoms with Crippen LogP contribution in [-0.4, -0.2) is 10.3 Å². The van der Waals surface area contributed by atoms with Gasteiger partial charge in [-0.15, -0.1) is 0 Å². The topological polar surface area (TPSA) is 29.1 Å². The van der Waals surface area contributed by atoms with Gasteiger partial charge in [-0.3, -0.25) is 4.79 Å². The molecule has 1 rings (SSSR count). The highest BCUT2D eigenvalue weighted by atomic mass is 127. The molecule has 88 valence electrons. The molecule has 1 aromatic carbocycles. The summed E-state index contributed by atoms with van der Waals surface area (Å²) >= 11 is 7.23. The summed E-state index contributed by atoms with van der Waals surface area (Å²) in [5.41, 5.74) is -0.876. The van der Waals surface area contributed by atoms with Crippen LogP contribution in [-0.2, 0) is 11.0 Å². The number of hydrogen-bond acceptors (Lipinski definition) is 1. The Hall–Kier alpha value is -0.500. The van der Waals surface area contributed by atoms with Gasteiger partial charge in [0.05, 0.1) is 15.0 Å². The average molecular weight is 364 g/mol. The van der Waals surface area contributed by atoms with Crippen molar-refractivity contribution in [3.8, 4) is 0 Å². The van der Waals surface area contributed by atoms with E-state index in [1.165, 1.54) is 6.07 Å². The third kappa shape index (κ3) is 3.51. The first-order chi connectivity index (χ1) is 7.34. The molecule has 0 aliphatic carbocycles. The number of carbonyl (C=O) groups is 1. The van der Waals surface area contributed by atoms with Crippen LogP contribution < -0.4 is 5.32 Å². The van der Waals surface area contributed by atoms with Gasteiger partial charge in [0, 0.05) is 5.69 Å². The Morgan fingerprint density at radius 1 is 1.44 bits per heavy atom. The SMILES string of the molecule is O=C(CI)Nc1ccc(Cl)c(C(F)(F)F)c1. The van der Waals surface area contributed by atoms with Crippen LogP contribution in [0.1, 0.15) is 5.56 Å². The minimum Gasteiger partial charge on any atom is -0.325 e. The molecule has 0 atom stereocenters. The van der Waals surface area contributed by atoms with Gasteiger partial charge in [-0.1, -0.05) is 34.2 Å². The molecule has 0 aliphatic rings. The van der Waals surface area contributed by atoms with E-state index in [1.807, 2.05) is 22.6 Å². The van der Waals surface area contributed by atoms with Gasteiger partial charge in [-0.25, -0.2) is 0 Å². The maximum Gasteiger partial charge on any atom is 0.417 e. The summed E-state index contributed by atoms with van der Waals surface area (Å²) in [6.07, 6.45) is -4.53. The van der Waals surface area contributed by atoms with Gasteiger partial charge >= 0.3 is 6.18 Å². The van der Waals surface area contributed by atoms with Gasteiger partial charge in [-0.2, -0.15) is 13.2 Å². The molecular weight excluding hydrogens is 357 g/mol. The molecule has 0 spiro atoms. The predicted molar refractivity (Wildman–Crippen MR) is 64.0 cm³/mol. The standard InChI is InChI=1S/C9H6ClF3INO/c10-7-2-1-5(15-8(16)4-14)3-6(7)9(11,12)13/h1-3H,4H2,(H,15,16). The van der Waals surface area contributed by atoms with E-state index in [1.54, 1.807) is 0 Å². The number of anilines is 1. The zero-order valence-corrected chi connectivity index (χ0v) is 10.7. The fourth-order valence-electron chi connectivity index (χ4n) is 1.01. The molecule has 0 heterocycles. The number of hydrogen-bond donors (Lipinski definition) is 1. The van der Waals surface area contributed by atoms with Crippen molar-refractivity contribution in [3.63, 3.8) is 0 Å². The highest BCUT2D eigenvalue weighted by molar-refractivity contribution is 14.1.